The topological polar surface area (TPSA) is 79.6 Å². The van der Waals surface area contributed by atoms with Crippen molar-refractivity contribution in [1.29, 1.82) is 0 Å². The molecule has 0 spiro atoms. The van der Waals surface area contributed by atoms with Crippen molar-refractivity contribution in [2.45, 2.75) is 24.8 Å². The van der Waals surface area contributed by atoms with E-state index in [2.05, 4.69) is 4.90 Å². The number of nitrogens with zero attached hydrogens (tertiary/aromatic N) is 2. The van der Waals surface area contributed by atoms with E-state index in [4.69, 9.17) is 0 Å². The molecule has 1 aromatic heterocycles. The smallest absolute Gasteiger partial charge is 0.323 e. The van der Waals surface area contributed by atoms with Crippen molar-refractivity contribution in [3.8, 4) is 0 Å². The third-order valence-corrected chi connectivity index (χ3v) is 9.53. The van der Waals surface area contributed by atoms with Crippen molar-refractivity contribution in [3.05, 3.63) is 139 Å². The summed E-state index contributed by atoms with van der Waals surface area (Å²) < 4.78 is 1.95. The number of fused-ring (bicyclic) bond motifs is 1. The minimum absolute atomic E-state index is 0.177. The van der Waals surface area contributed by atoms with E-state index >= 15 is 0 Å². The highest BCUT2D eigenvalue weighted by Gasteiger charge is 2.30. The number of Topliss-reactive ketones (excluding diaryl/α,β-unsaturated/α-hetero) is 1. The van der Waals surface area contributed by atoms with Gasteiger partial charge in [-0.25, -0.2) is 0 Å². The fourth-order valence-electron chi connectivity index (χ4n) is 5.01. The highest BCUT2D eigenvalue weighted by molar-refractivity contribution is 8.10. The number of hydrogen-bond acceptors (Lipinski definition) is 6. The van der Waals surface area contributed by atoms with Gasteiger partial charge in [-0.05, 0) is 66.1 Å². The number of thioether (sulfide) groups is 1. The first kappa shape index (κ1) is 27.5. The summed E-state index contributed by atoms with van der Waals surface area (Å²) in [5.74, 6) is -1.32. The van der Waals surface area contributed by atoms with E-state index in [1.54, 1.807) is 12.1 Å². The third kappa shape index (κ3) is 5.22. The first-order chi connectivity index (χ1) is 20.4. The number of para-hydroxylation sites is 2. The molecule has 0 radical (unpaired) electrons. The standard InChI is InChI=1S/C34H26N2O4S2/c1-2-23-10-9-15-27-30(39)32(42-31(23)27)34-35(21-29(37)38)33(40)28(41-34)20-22-16-18-26(19-17-22)36(24-11-5-3-6-12-24)25-13-7-4-8-14-25/h3-20H,2,21H2,1H3,(H,37,38)/b28-20+,34-32+. The van der Waals surface area contributed by atoms with Crippen LogP contribution in [0.5, 0.6) is 0 Å². The number of aromatic nitrogens is 1. The van der Waals surface area contributed by atoms with Crippen LogP contribution in [0, 0.1) is 0 Å². The molecular weight excluding hydrogens is 565 g/mol. The van der Waals surface area contributed by atoms with Crippen molar-refractivity contribution < 1.29 is 14.7 Å². The van der Waals surface area contributed by atoms with Crippen LogP contribution in [-0.4, -0.2) is 21.4 Å². The van der Waals surface area contributed by atoms with Crippen LogP contribution in [0.3, 0.4) is 0 Å². The van der Waals surface area contributed by atoms with Gasteiger partial charge >= 0.3 is 5.97 Å². The van der Waals surface area contributed by atoms with Crippen LogP contribution in [0.15, 0.2) is 113 Å². The molecule has 4 aromatic carbocycles. The summed E-state index contributed by atoms with van der Waals surface area (Å²) in [6.07, 6.45) is 2.52. The number of carboxylic acid groups (broad SMARTS) is 1. The van der Waals surface area contributed by atoms with Crippen LogP contribution in [0.25, 0.3) is 11.0 Å². The number of thiazole rings is 1. The van der Waals surface area contributed by atoms with E-state index in [0.717, 1.165) is 50.8 Å². The molecule has 0 saturated carbocycles. The summed E-state index contributed by atoms with van der Waals surface area (Å²) in [6.45, 7) is 1.51. The Hall–Kier alpha value is -4.66. The zero-order valence-electron chi connectivity index (χ0n) is 22.7. The molecule has 5 aromatic rings. The monoisotopic (exact) mass is 590 g/mol. The van der Waals surface area contributed by atoms with Crippen molar-refractivity contribution in [1.82, 2.24) is 4.57 Å². The number of ketones is 1. The number of hydrogen-bond donors (Lipinski definition) is 1. The second kappa shape index (κ2) is 11.7. The number of anilines is 3. The lowest BCUT2D eigenvalue weighted by Crippen LogP contribution is -2.34. The predicted octanol–water partition coefficient (Wildman–Crippen LogP) is 5.95. The van der Waals surface area contributed by atoms with Crippen LogP contribution < -0.4 is 19.7 Å². The Kier molecular flexibility index (Phi) is 7.65. The second-order valence-corrected chi connectivity index (χ2v) is 11.8. The molecule has 0 fully saturated rings. The Morgan fingerprint density at radius 2 is 1.45 bits per heavy atom. The number of carboxylic acids is 1. The number of benzene rings is 4. The molecule has 0 saturated heterocycles. The van der Waals surface area contributed by atoms with Crippen molar-refractivity contribution in [2.75, 3.05) is 4.90 Å². The molecule has 1 aliphatic rings. The predicted molar refractivity (Wildman–Crippen MR) is 170 cm³/mol. The van der Waals surface area contributed by atoms with E-state index in [-0.39, 0.29) is 5.78 Å². The fraction of sp³-hybridized carbons (Fsp3) is 0.0882. The summed E-state index contributed by atoms with van der Waals surface area (Å²) in [5, 5.41) is 9.58. The van der Waals surface area contributed by atoms with Gasteiger partial charge in [0.15, 0.2) is 0 Å². The largest absolute Gasteiger partial charge is 0.480 e. The highest BCUT2D eigenvalue weighted by atomic mass is 32.2. The average Bonchev–Trinajstić information content (AvgIpc) is 3.50. The van der Waals surface area contributed by atoms with Crippen molar-refractivity contribution in [3.63, 3.8) is 0 Å². The lowest BCUT2D eigenvalue weighted by Gasteiger charge is -2.25. The van der Waals surface area contributed by atoms with Crippen LogP contribution in [-0.2, 0) is 17.8 Å². The molecule has 0 amide bonds. The van der Waals surface area contributed by atoms with E-state index in [9.17, 15) is 19.5 Å². The van der Waals surface area contributed by atoms with Gasteiger partial charge in [-0.15, -0.1) is 11.3 Å². The van der Waals surface area contributed by atoms with E-state index < -0.39 is 18.1 Å². The minimum Gasteiger partial charge on any atom is -0.480 e. The molecule has 208 valence electrons. The summed E-state index contributed by atoms with van der Waals surface area (Å²) in [5.41, 5.74) is 5.00. The summed E-state index contributed by atoms with van der Waals surface area (Å²) in [6, 6.07) is 33.6. The quantitative estimate of drug-likeness (QED) is 0.252. The zero-order valence-corrected chi connectivity index (χ0v) is 24.3. The van der Waals surface area contributed by atoms with Gasteiger partial charge in [-0.2, -0.15) is 0 Å². The van der Waals surface area contributed by atoms with Crippen LogP contribution >= 0.6 is 23.1 Å². The lowest BCUT2D eigenvalue weighted by atomic mass is 10.1. The molecule has 6 nitrogen and oxygen atoms in total. The average molecular weight is 591 g/mol. The maximum absolute atomic E-state index is 13.5. The summed E-state index contributed by atoms with van der Waals surface area (Å²) in [7, 11) is 0. The Balaban J connectivity index is 1.43. The first-order valence-electron chi connectivity index (χ1n) is 13.5. The van der Waals surface area contributed by atoms with Crippen LogP contribution in [0.2, 0.25) is 0 Å². The van der Waals surface area contributed by atoms with Crippen molar-refractivity contribution in [2.24, 2.45) is 0 Å². The molecule has 0 atom stereocenters. The normalized spacial score (nSPS) is 14.2. The van der Waals surface area contributed by atoms with Gasteiger partial charge in [0, 0.05) is 27.5 Å². The number of carbonyl (C=O) groups excluding carboxylic acids is 1. The Labute approximate surface area is 250 Å². The molecule has 8 heteroatoms. The highest BCUT2D eigenvalue weighted by Crippen LogP contribution is 2.42. The van der Waals surface area contributed by atoms with Crippen LogP contribution in [0.4, 0.5) is 17.1 Å². The SMILES string of the molecule is CCc1cccc2c1S/C(=c1/s/c(=C/c3ccc(N(c4ccccc4)c4ccccc4)cc3)c(=O)n1CC(=O)O)C2=O. The summed E-state index contributed by atoms with van der Waals surface area (Å²) in [4.78, 5) is 42.0. The third-order valence-electron chi connectivity index (χ3n) is 7.01. The van der Waals surface area contributed by atoms with Gasteiger partial charge in [-0.3, -0.25) is 19.0 Å². The molecule has 6 rings (SSSR count). The van der Waals surface area contributed by atoms with E-state index in [1.807, 2.05) is 104 Å². The molecule has 0 aliphatic carbocycles. The Morgan fingerprint density at radius 1 is 0.833 bits per heavy atom. The van der Waals surface area contributed by atoms with Gasteiger partial charge < -0.3 is 10.0 Å². The maximum atomic E-state index is 13.5. The van der Waals surface area contributed by atoms with Gasteiger partial charge in [0.25, 0.3) is 5.56 Å². The minimum atomic E-state index is -1.14. The Morgan fingerprint density at radius 3 is 2.05 bits per heavy atom. The number of aliphatic carboxylic acids is 1. The molecule has 0 unspecified atom stereocenters. The van der Waals surface area contributed by atoms with Gasteiger partial charge in [-0.1, -0.05) is 79.3 Å². The van der Waals surface area contributed by atoms with E-state index in [0.29, 0.717) is 19.7 Å². The van der Waals surface area contributed by atoms with Gasteiger partial charge in [0.2, 0.25) is 5.78 Å². The molecule has 42 heavy (non-hydrogen) atoms. The second-order valence-electron chi connectivity index (χ2n) is 9.71. The fourth-order valence-corrected chi connectivity index (χ4v) is 7.53. The lowest BCUT2D eigenvalue weighted by molar-refractivity contribution is -0.137. The molecular formula is C34H26N2O4S2. The van der Waals surface area contributed by atoms with E-state index in [1.165, 1.54) is 16.3 Å². The Bertz CT molecular complexity index is 1940. The van der Waals surface area contributed by atoms with Crippen LogP contribution in [0.1, 0.15) is 28.4 Å². The molecule has 0 bridgehead atoms. The zero-order chi connectivity index (χ0) is 29.2. The first-order valence-corrected chi connectivity index (χ1v) is 15.1. The maximum Gasteiger partial charge on any atom is 0.323 e. The number of carbonyl (C=O) groups is 2. The van der Waals surface area contributed by atoms with Gasteiger partial charge in [0.05, 0.1) is 9.44 Å². The molecule has 1 aliphatic heterocycles. The molecule has 2 heterocycles. The summed E-state index contributed by atoms with van der Waals surface area (Å²) >= 11 is 2.48. The van der Waals surface area contributed by atoms with Gasteiger partial charge in [0.1, 0.15) is 11.2 Å². The molecule has 1 N–H and O–H groups in total. The van der Waals surface area contributed by atoms with Crippen molar-refractivity contribution >= 4 is 62.9 Å². The number of rotatable bonds is 7. The number of aryl methyl sites for hydroxylation is 1.